The first kappa shape index (κ1) is 10.0. The highest BCUT2D eigenvalue weighted by Crippen LogP contribution is 2.21. The number of benzene rings is 1. The first-order valence-corrected chi connectivity index (χ1v) is 5.31. The molecular weight excluding hydrogens is 240 g/mol. The SMILES string of the molecule is O=c1cn[nH]c2c1cnn2-c1ccccc1Cl. The van der Waals surface area contributed by atoms with Crippen molar-refractivity contribution in [1.82, 2.24) is 20.0 Å². The Morgan fingerprint density at radius 3 is 2.88 bits per heavy atom. The van der Waals surface area contributed by atoms with Crippen LogP contribution in [0.25, 0.3) is 16.7 Å². The normalized spacial score (nSPS) is 10.9. The molecule has 84 valence electrons. The van der Waals surface area contributed by atoms with Gasteiger partial charge >= 0.3 is 0 Å². The molecule has 0 saturated carbocycles. The molecule has 1 N–H and O–H groups in total. The van der Waals surface area contributed by atoms with Crippen molar-refractivity contribution in [2.75, 3.05) is 0 Å². The van der Waals surface area contributed by atoms with Crippen LogP contribution in [0.5, 0.6) is 0 Å². The zero-order valence-electron chi connectivity index (χ0n) is 8.59. The van der Waals surface area contributed by atoms with E-state index in [-0.39, 0.29) is 5.43 Å². The largest absolute Gasteiger partial charge is 0.287 e. The van der Waals surface area contributed by atoms with E-state index in [1.165, 1.54) is 12.4 Å². The number of fused-ring (bicyclic) bond motifs is 1. The van der Waals surface area contributed by atoms with E-state index in [2.05, 4.69) is 15.3 Å². The van der Waals surface area contributed by atoms with Gasteiger partial charge in [-0.25, -0.2) is 4.68 Å². The van der Waals surface area contributed by atoms with Gasteiger partial charge in [-0.1, -0.05) is 23.7 Å². The number of para-hydroxylation sites is 1. The molecule has 0 atom stereocenters. The second-order valence-corrected chi connectivity index (χ2v) is 3.91. The summed E-state index contributed by atoms with van der Waals surface area (Å²) in [6, 6.07) is 7.26. The minimum absolute atomic E-state index is 0.169. The highest BCUT2D eigenvalue weighted by Gasteiger charge is 2.09. The predicted molar refractivity (Wildman–Crippen MR) is 64.5 cm³/mol. The van der Waals surface area contributed by atoms with E-state index in [9.17, 15) is 4.79 Å². The maximum atomic E-state index is 11.5. The summed E-state index contributed by atoms with van der Waals surface area (Å²) in [5.41, 5.74) is 1.07. The molecule has 17 heavy (non-hydrogen) atoms. The van der Waals surface area contributed by atoms with E-state index < -0.39 is 0 Å². The maximum Gasteiger partial charge on any atom is 0.211 e. The van der Waals surface area contributed by atoms with E-state index in [1.807, 2.05) is 18.2 Å². The van der Waals surface area contributed by atoms with Crippen LogP contribution in [0.1, 0.15) is 0 Å². The fourth-order valence-electron chi connectivity index (χ4n) is 1.66. The number of H-pyrrole nitrogens is 1. The van der Waals surface area contributed by atoms with Crippen molar-refractivity contribution in [3.05, 3.63) is 51.9 Å². The summed E-state index contributed by atoms with van der Waals surface area (Å²) in [6.07, 6.45) is 2.72. The Balaban J connectivity index is 2.36. The number of nitrogens with zero attached hydrogens (tertiary/aromatic N) is 3. The van der Waals surface area contributed by atoms with Crippen LogP contribution in [0.15, 0.2) is 41.5 Å². The van der Waals surface area contributed by atoms with Crippen LogP contribution in [-0.2, 0) is 0 Å². The highest BCUT2D eigenvalue weighted by atomic mass is 35.5. The molecule has 0 aliphatic heterocycles. The third kappa shape index (κ3) is 1.52. The average Bonchev–Trinajstić information content (AvgIpc) is 2.75. The van der Waals surface area contributed by atoms with Gasteiger partial charge in [-0.3, -0.25) is 9.89 Å². The second-order valence-electron chi connectivity index (χ2n) is 3.50. The highest BCUT2D eigenvalue weighted by molar-refractivity contribution is 6.32. The van der Waals surface area contributed by atoms with Gasteiger partial charge in [-0.05, 0) is 12.1 Å². The summed E-state index contributed by atoms with van der Waals surface area (Å²) in [6.45, 7) is 0. The van der Waals surface area contributed by atoms with Crippen molar-refractivity contribution in [1.29, 1.82) is 0 Å². The van der Waals surface area contributed by atoms with Gasteiger partial charge in [0.25, 0.3) is 0 Å². The predicted octanol–water partition coefficient (Wildman–Crippen LogP) is 1.76. The third-order valence-corrected chi connectivity index (χ3v) is 2.79. The van der Waals surface area contributed by atoms with Crippen molar-refractivity contribution in [3.8, 4) is 5.69 Å². The standard InChI is InChI=1S/C11H7ClN4O/c12-8-3-1-2-4-9(8)16-11-7(5-14-16)10(17)6-13-15-11/h1-6H,(H,15,17). The van der Waals surface area contributed by atoms with Crippen LogP contribution < -0.4 is 5.43 Å². The lowest BCUT2D eigenvalue weighted by atomic mass is 10.3. The first-order chi connectivity index (χ1) is 8.27. The fourth-order valence-corrected chi connectivity index (χ4v) is 1.88. The van der Waals surface area contributed by atoms with Crippen molar-refractivity contribution in [2.24, 2.45) is 0 Å². The topological polar surface area (TPSA) is 63.6 Å². The Hall–Kier alpha value is -2.14. The summed E-state index contributed by atoms with van der Waals surface area (Å²) in [4.78, 5) is 11.5. The molecule has 6 heteroatoms. The second kappa shape index (κ2) is 3.71. The summed E-state index contributed by atoms with van der Waals surface area (Å²) in [7, 11) is 0. The summed E-state index contributed by atoms with van der Waals surface area (Å²) in [5, 5.41) is 11.7. The van der Waals surface area contributed by atoms with E-state index >= 15 is 0 Å². The molecule has 2 aromatic heterocycles. The molecule has 0 radical (unpaired) electrons. The van der Waals surface area contributed by atoms with Crippen molar-refractivity contribution in [3.63, 3.8) is 0 Å². The van der Waals surface area contributed by atoms with Crippen molar-refractivity contribution in [2.45, 2.75) is 0 Å². The van der Waals surface area contributed by atoms with Crippen LogP contribution in [0, 0.1) is 0 Å². The van der Waals surface area contributed by atoms with Crippen LogP contribution in [0.2, 0.25) is 5.02 Å². The monoisotopic (exact) mass is 246 g/mol. The average molecular weight is 247 g/mol. The van der Waals surface area contributed by atoms with E-state index in [0.29, 0.717) is 21.7 Å². The number of halogens is 1. The van der Waals surface area contributed by atoms with Gasteiger partial charge < -0.3 is 0 Å². The lowest BCUT2D eigenvalue weighted by Crippen LogP contribution is -2.04. The molecule has 5 nitrogen and oxygen atoms in total. The lowest BCUT2D eigenvalue weighted by Gasteiger charge is -2.04. The molecular formula is C11H7ClN4O. The fraction of sp³-hybridized carbons (Fsp3) is 0. The molecule has 0 saturated heterocycles. The molecule has 0 amide bonds. The van der Waals surface area contributed by atoms with E-state index in [0.717, 1.165) is 0 Å². The molecule has 3 rings (SSSR count). The number of rotatable bonds is 1. The Kier molecular flexibility index (Phi) is 2.19. The summed E-state index contributed by atoms with van der Waals surface area (Å²) >= 11 is 6.08. The zero-order valence-corrected chi connectivity index (χ0v) is 9.35. The van der Waals surface area contributed by atoms with Gasteiger partial charge in [0, 0.05) is 0 Å². The number of aromatic nitrogens is 4. The van der Waals surface area contributed by atoms with Crippen molar-refractivity contribution >= 4 is 22.6 Å². The minimum atomic E-state index is -0.169. The van der Waals surface area contributed by atoms with E-state index in [4.69, 9.17) is 11.6 Å². The van der Waals surface area contributed by atoms with Gasteiger partial charge in [0.2, 0.25) is 5.43 Å². The van der Waals surface area contributed by atoms with Gasteiger partial charge in [0.05, 0.1) is 28.5 Å². The van der Waals surface area contributed by atoms with Crippen LogP contribution in [0.3, 0.4) is 0 Å². The Labute approximate surface area is 101 Å². The molecule has 0 fully saturated rings. The maximum absolute atomic E-state index is 11.5. The summed E-state index contributed by atoms with van der Waals surface area (Å²) in [5.74, 6) is 0. The number of hydrogen-bond donors (Lipinski definition) is 1. The van der Waals surface area contributed by atoms with Gasteiger partial charge in [0.1, 0.15) is 0 Å². The molecule has 0 spiro atoms. The first-order valence-electron chi connectivity index (χ1n) is 4.94. The minimum Gasteiger partial charge on any atom is -0.287 e. The van der Waals surface area contributed by atoms with Crippen LogP contribution in [0.4, 0.5) is 0 Å². The number of aromatic amines is 1. The van der Waals surface area contributed by atoms with Gasteiger partial charge in [-0.15, -0.1) is 0 Å². The number of hydrogen-bond acceptors (Lipinski definition) is 3. The van der Waals surface area contributed by atoms with Crippen molar-refractivity contribution < 1.29 is 0 Å². The van der Waals surface area contributed by atoms with Crippen LogP contribution >= 0.6 is 11.6 Å². The van der Waals surface area contributed by atoms with Gasteiger partial charge in [0.15, 0.2) is 5.65 Å². The molecule has 1 aromatic carbocycles. The Morgan fingerprint density at radius 2 is 2.06 bits per heavy atom. The molecule has 0 aliphatic rings. The smallest absolute Gasteiger partial charge is 0.211 e. The third-order valence-electron chi connectivity index (χ3n) is 2.47. The molecule has 3 aromatic rings. The number of nitrogens with one attached hydrogen (secondary N) is 1. The van der Waals surface area contributed by atoms with E-state index in [1.54, 1.807) is 10.7 Å². The quantitative estimate of drug-likeness (QED) is 0.712. The Morgan fingerprint density at radius 1 is 1.24 bits per heavy atom. The summed E-state index contributed by atoms with van der Waals surface area (Å²) < 4.78 is 1.56. The zero-order chi connectivity index (χ0) is 11.8. The van der Waals surface area contributed by atoms with Crippen LogP contribution in [-0.4, -0.2) is 20.0 Å². The molecule has 2 heterocycles. The van der Waals surface area contributed by atoms with Gasteiger partial charge in [-0.2, -0.15) is 10.2 Å². The molecule has 0 bridgehead atoms. The molecule has 0 unspecified atom stereocenters. The lowest BCUT2D eigenvalue weighted by molar-refractivity contribution is 0.879. The Bertz CT molecular complexity index is 746. The molecule has 0 aliphatic carbocycles.